The van der Waals surface area contributed by atoms with Crippen LogP contribution in [-0.2, 0) is 11.2 Å². The maximum atomic E-state index is 12.5. The second-order valence-electron chi connectivity index (χ2n) is 5.97. The van der Waals surface area contributed by atoms with E-state index in [0.29, 0.717) is 12.8 Å². The molecule has 2 heterocycles. The van der Waals surface area contributed by atoms with Gasteiger partial charge in [-0.3, -0.25) is 4.79 Å². The van der Waals surface area contributed by atoms with Crippen molar-refractivity contribution < 1.29 is 14.1 Å². The third-order valence-corrected chi connectivity index (χ3v) is 4.59. The number of nitrogens with zero attached hydrogens (tertiary/aromatic N) is 2. The number of aryl methyl sites for hydroxylation is 2. The molecule has 1 saturated heterocycles. The molecule has 5 nitrogen and oxygen atoms in total. The first-order chi connectivity index (χ1) is 11.1. The standard InChI is InChI=1S/C18H22N2O3/c1-12-16(13(2)23-19-12)7-8-18(21)20-10-9-17(20)14-5-4-6-15(11-14)22-3/h4-6,11,17H,7-10H2,1-3H3/t17-/m0/s1. The van der Waals surface area contributed by atoms with Crippen LogP contribution in [0.15, 0.2) is 28.8 Å². The molecule has 0 aliphatic carbocycles. The van der Waals surface area contributed by atoms with Crippen molar-refractivity contribution in [3.63, 3.8) is 0 Å². The summed E-state index contributed by atoms with van der Waals surface area (Å²) in [7, 11) is 1.66. The third-order valence-electron chi connectivity index (χ3n) is 4.59. The number of carbonyl (C=O) groups excluding carboxylic acids is 1. The van der Waals surface area contributed by atoms with Crippen molar-refractivity contribution in [1.82, 2.24) is 10.1 Å². The number of hydrogen-bond acceptors (Lipinski definition) is 4. The van der Waals surface area contributed by atoms with Gasteiger partial charge in [-0.2, -0.15) is 0 Å². The minimum Gasteiger partial charge on any atom is -0.497 e. The van der Waals surface area contributed by atoms with E-state index in [1.54, 1.807) is 7.11 Å². The Hall–Kier alpha value is -2.30. The Balaban J connectivity index is 1.64. The second-order valence-corrected chi connectivity index (χ2v) is 5.97. The Kier molecular flexibility index (Phi) is 4.37. The lowest BCUT2D eigenvalue weighted by atomic mass is 9.93. The van der Waals surface area contributed by atoms with Gasteiger partial charge >= 0.3 is 0 Å². The minimum atomic E-state index is 0.169. The summed E-state index contributed by atoms with van der Waals surface area (Å²) in [6.07, 6.45) is 2.18. The van der Waals surface area contributed by atoms with Gasteiger partial charge in [0.2, 0.25) is 5.91 Å². The summed E-state index contributed by atoms with van der Waals surface area (Å²) in [6, 6.07) is 8.13. The largest absolute Gasteiger partial charge is 0.497 e. The highest BCUT2D eigenvalue weighted by atomic mass is 16.5. The molecular weight excluding hydrogens is 292 g/mol. The summed E-state index contributed by atoms with van der Waals surface area (Å²) in [5.41, 5.74) is 3.07. The number of hydrogen-bond donors (Lipinski definition) is 0. The molecular formula is C18H22N2O3. The summed E-state index contributed by atoms with van der Waals surface area (Å²) in [6.45, 7) is 4.63. The van der Waals surface area contributed by atoms with Gasteiger partial charge in [0.05, 0.1) is 18.8 Å². The van der Waals surface area contributed by atoms with Crippen molar-refractivity contribution in [2.45, 2.75) is 39.2 Å². The van der Waals surface area contributed by atoms with Gasteiger partial charge in [0.25, 0.3) is 0 Å². The molecule has 5 heteroatoms. The highest BCUT2D eigenvalue weighted by Crippen LogP contribution is 2.35. The van der Waals surface area contributed by atoms with E-state index in [1.165, 1.54) is 0 Å². The zero-order chi connectivity index (χ0) is 16.4. The average molecular weight is 314 g/mol. The molecule has 23 heavy (non-hydrogen) atoms. The van der Waals surface area contributed by atoms with Gasteiger partial charge in [-0.1, -0.05) is 17.3 Å². The predicted molar refractivity (Wildman–Crippen MR) is 86.4 cm³/mol. The molecule has 1 aromatic heterocycles. The molecule has 3 rings (SSSR count). The van der Waals surface area contributed by atoms with Crippen LogP contribution >= 0.6 is 0 Å². The van der Waals surface area contributed by atoms with E-state index < -0.39 is 0 Å². The van der Waals surface area contributed by atoms with Gasteiger partial charge in [0.1, 0.15) is 11.5 Å². The zero-order valence-electron chi connectivity index (χ0n) is 13.8. The van der Waals surface area contributed by atoms with E-state index in [1.807, 2.05) is 36.9 Å². The maximum Gasteiger partial charge on any atom is 0.223 e. The molecule has 1 atom stereocenters. The Morgan fingerprint density at radius 3 is 2.87 bits per heavy atom. The molecule has 1 aliphatic rings. The van der Waals surface area contributed by atoms with Crippen LogP contribution in [0.25, 0.3) is 0 Å². The van der Waals surface area contributed by atoms with Crippen LogP contribution in [0.2, 0.25) is 0 Å². The fourth-order valence-electron chi connectivity index (χ4n) is 3.12. The summed E-state index contributed by atoms with van der Waals surface area (Å²) in [5.74, 6) is 1.82. The average Bonchev–Trinajstić information content (AvgIpc) is 2.83. The van der Waals surface area contributed by atoms with Crippen molar-refractivity contribution in [2.24, 2.45) is 0 Å². The summed E-state index contributed by atoms with van der Waals surface area (Å²) in [5, 5.41) is 3.94. The lowest BCUT2D eigenvalue weighted by Gasteiger charge is -2.41. The Labute approximate surface area is 136 Å². The van der Waals surface area contributed by atoms with Gasteiger partial charge in [-0.05, 0) is 44.4 Å². The number of aromatic nitrogens is 1. The Morgan fingerprint density at radius 2 is 2.26 bits per heavy atom. The molecule has 1 fully saturated rings. The summed E-state index contributed by atoms with van der Waals surface area (Å²) >= 11 is 0. The highest BCUT2D eigenvalue weighted by Gasteiger charge is 2.33. The van der Waals surface area contributed by atoms with E-state index in [2.05, 4.69) is 11.2 Å². The number of methoxy groups -OCH3 is 1. The summed E-state index contributed by atoms with van der Waals surface area (Å²) in [4.78, 5) is 14.5. The van der Waals surface area contributed by atoms with Gasteiger partial charge in [0.15, 0.2) is 0 Å². The van der Waals surface area contributed by atoms with Crippen molar-refractivity contribution in [2.75, 3.05) is 13.7 Å². The van der Waals surface area contributed by atoms with Crippen molar-refractivity contribution in [3.05, 3.63) is 46.8 Å². The number of amides is 1. The lowest BCUT2D eigenvalue weighted by molar-refractivity contribution is -0.139. The Morgan fingerprint density at radius 1 is 1.43 bits per heavy atom. The van der Waals surface area contributed by atoms with Crippen LogP contribution in [0.1, 0.15) is 41.5 Å². The molecule has 2 aromatic rings. The van der Waals surface area contributed by atoms with Gasteiger partial charge in [0, 0.05) is 18.5 Å². The molecule has 0 bridgehead atoms. The number of carbonyl (C=O) groups is 1. The van der Waals surface area contributed by atoms with E-state index in [-0.39, 0.29) is 11.9 Å². The molecule has 1 aromatic carbocycles. The van der Waals surface area contributed by atoms with E-state index in [0.717, 1.165) is 41.3 Å². The van der Waals surface area contributed by atoms with Gasteiger partial charge in [-0.25, -0.2) is 0 Å². The van der Waals surface area contributed by atoms with Crippen molar-refractivity contribution in [3.8, 4) is 5.75 Å². The van der Waals surface area contributed by atoms with Gasteiger partial charge in [-0.15, -0.1) is 0 Å². The lowest BCUT2D eigenvalue weighted by Crippen LogP contribution is -2.45. The second kappa shape index (κ2) is 6.44. The fraction of sp³-hybridized carbons (Fsp3) is 0.444. The van der Waals surface area contributed by atoms with Crippen molar-refractivity contribution in [1.29, 1.82) is 0 Å². The van der Waals surface area contributed by atoms with E-state index in [4.69, 9.17) is 9.26 Å². The number of likely N-dealkylation sites (tertiary alicyclic amines) is 1. The number of benzene rings is 1. The minimum absolute atomic E-state index is 0.169. The molecule has 122 valence electrons. The van der Waals surface area contributed by atoms with Crippen LogP contribution in [0.4, 0.5) is 0 Å². The predicted octanol–water partition coefficient (Wildman–Crippen LogP) is 3.21. The normalized spacial score (nSPS) is 17.0. The molecule has 0 N–H and O–H groups in total. The van der Waals surface area contributed by atoms with Crippen LogP contribution in [0.3, 0.4) is 0 Å². The van der Waals surface area contributed by atoms with E-state index >= 15 is 0 Å². The van der Waals surface area contributed by atoms with E-state index in [9.17, 15) is 4.79 Å². The number of rotatable bonds is 5. The first-order valence-electron chi connectivity index (χ1n) is 7.95. The smallest absolute Gasteiger partial charge is 0.223 e. The quantitative estimate of drug-likeness (QED) is 0.850. The van der Waals surface area contributed by atoms with Crippen LogP contribution < -0.4 is 4.74 Å². The fourth-order valence-corrected chi connectivity index (χ4v) is 3.12. The highest BCUT2D eigenvalue weighted by molar-refractivity contribution is 5.78. The van der Waals surface area contributed by atoms with Crippen LogP contribution in [0, 0.1) is 13.8 Å². The van der Waals surface area contributed by atoms with Crippen molar-refractivity contribution >= 4 is 5.91 Å². The molecule has 0 saturated carbocycles. The SMILES string of the molecule is COc1cccc([C@@H]2CCN2C(=O)CCc2c(C)noc2C)c1. The zero-order valence-corrected chi connectivity index (χ0v) is 13.8. The molecule has 0 radical (unpaired) electrons. The van der Waals surface area contributed by atoms with Gasteiger partial charge < -0.3 is 14.2 Å². The third kappa shape index (κ3) is 3.09. The Bertz CT molecular complexity index is 689. The molecule has 1 amide bonds. The topological polar surface area (TPSA) is 55.6 Å². The monoisotopic (exact) mass is 314 g/mol. The molecule has 0 unspecified atom stereocenters. The molecule has 0 spiro atoms. The molecule has 1 aliphatic heterocycles. The first-order valence-corrected chi connectivity index (χ1v) is 7.95. The maximum absolute atomic E-state index is 12.5. The number of ether oxygens (including phenoxy) is 1. The van der Waals surface area contributed by atoms with Crippen LogP contribution in [0.5, 0.6) is 5.75 Å². The first kappa shape index (κ1) is 15.6. The van der Waals surface area contributed by atoms with Crippen LogP contribution in [-0.4, -0.2) is 29.6 Å². The summed E-state index contributed by atoms with van der Waals surface area (Å²) < 4.78 is 10.4.